The van der Waals surface area contributed by atoms with Gasteiger partial charge in [-0.2, -0.15) is 5.10 Å². The Morgan fingerprint density at radius 2 is 1.84 bits per heavy atom. The molecular weight excluding hydrogens is 403 g/mol. The van der Waals surface area contributed by atoms with Gasteiger partial charge in [-0.05, 0) is 80.5 Å². The highest BCUT2D eigenvalue weighted by Crippen LogP contribution is 2.39. The molecule has 2 N–H and O–H groups in total. The smallest absolute Gasteiger partial charge is 0.315 e. The minimum absolute atomic E-state index is 0.161. The van der Waals surface area contributed by atoms with Crippen LogP contribution in [0.25, 0.3) is 16.6 Å². The van der Waals surface area contributed by atoms with Crippen LogP contribution >= 0.6 is 0 Å². The summed E-state index contributed by atoms with van der Waals surface area (Å²) in [6.07, 6.45) is 4.54. The van der Waals surface area contributed by atoms with Crippen LogP contribution in [-0.4, -0.2) is 27.9 Å². The average Bonchev–Trinajstić information content (AvgIpc) is 3.13. The number of carbonyl (C=O) groups excluding carboxylic acids is 1. The van der Waals surface area contributed by atoms with E-state index < -0.39 is 0 Å². The first-order chi connectivity index (χ1) is 15.0. The van der Waals surface area contributed by atoms with E-state index in [0.717, 1.165) is 23.0 Å². The normalized spacial score (nSPS) is 13.1. The van der Waals surface area contributed by atoms with Gasteiger partial charge < -0.3 is 10.6 Å². The molecule has 5 nitrogen and oxygen atoms in total. The maximum Gasteiger partial charge on any atom is 0.315 e. The monoisotopic (exact) mass is 436 g/mol. The first-order valence-corrected chi connectivity index (χ1v) is 10.9. The molecule has 1 unspecified atom stereocenters. The number of hydrogen-bond acceptors (Lipinski definition) is 2. The van der Waals surface area contributed by atoms with Crippen molar-refractivity contribution < 1.29 is 9.18 Å². The van der Waals surface area contributed by atoms with Crippen molar-refractivity contribution in [3.63, 3.8) is 0 Å². The molecule has 0 bridgehead atoms. The highest BCUT2D eigenvalue weighted by molar-refractivity contribution is 5.81. The molecule has 3 rings (SSSR count). The molecule has 0 saturated heterocycles. The fourth-order valence-electron chi connectivity index (χ4n) is 3.95. The van der Waals surface area contributed by atoms with Crippen LogP contribution in [0.4, 0.5) is 9.18 Å². The third-order valence-electron chi connectivity index (χ3n) is 5.60. The molecule has 0 aliphatic carbocycles. The fraction of sp³-hybridized carbons (Fsp3) is 0.385. The number of urea groups is 1. The van der Waals surface area contributed by atoms with Gasteiger partial charge in [0.15, 0.2) is 0 Å². The molecule has 6 heteroatoms. The number of carbonyl (C=O) groups is 1. The molecule has 1 atom stereocenters. The Balaban J connectivity index is 1.85. The Morgan fingerprint density at radius 3 is 2.47 bits per heavy atom. The summed E-state index contributed by atoms with van der Waals surface area (Å²) in [4.78, 5) is 12.3. The number of halogens is 1. The van der Waals surface area contributed by atoms with Gasteiger partial charge in [0.05, 0.1) is 17.4 Å². The Labute approximate surface area is 189 Å². The van der Waals surface area contributed by atoms with Crippen molar-refractivity contribution in [3.05, 3.63) is 72.7 Å². The zero-order chi connectivity index (χ0) is 23.5. The van der Waals surface area contributed by atoms with E-state index in [1.165, 1.54) is 17.7 Å². The zero-order valence-electron chi connectivity index (χ0n) is 19.6. The van der Waals surface area contributed by atoms with Gasteiger partial charge in [0.25, 0.3) is 0 Å². The van der Waals surface area contributed by atoms with Gasteiger partial charge in [-0.15, -0.1) is 6.58 Å². The van der Waals surface area contributed by atoms with Crippen LogP contribution in [0.3, 0.4) is 0 Å². The van der Waals surface area contributed by atoms with Gasteiger partial charge in [0, 0.05) is 17.5 Å². The quantitative estimate of drug-likeness (QED) is 0.450. The summed E-state index contributed by atoms with van der Waals surface area (Å²) in [5.74, 6) is -0.111. The number of rotatable bonds is 7. The summed E-state index contributed by atoms with van der Waals surface area (Å²) < 4.78 is 15.1. The molecule has 0 spiro atoms. The molecule has 2 amide bonds. The largest absolute Gasteiger partial charge is 0.338 e. The van der Waals surface area contributed by atoms with Gasteiger partial charge in [-0.25, -0.2) is 13.9 Å². The molecule has 0 saturated carbocycles. The van der Waals surface area contributed by atoms with E-state index in [2.05, 4.69) is 48.3 Å². The topological polar surface area (TPSA) is 59.0 Å². The first kappa shape index (κ1) is 23.5. The highest BCUT2D eigenvalue weighted by Gasteiger charge is 2.31. The van der Waals surface area contributed by atoms with Crippen LogP contribution in [0.1, 0.15) is 52.5 Å². The summed E-state index contributed by atoms with van der Waals surface area (Å²) in [5, 5.41) is 11.5. The number of allylic oxidation sites excluding steroid dienone is 1. The standard InChI is InChI=1S/C26H33FN4O/c1-7-8-22(26(5,6)17-28-24(32)30-25(2,3)4)18-9-14-23-19(15-18)16-29-31(23)21-12-10-20(27)11-13-21/h7,9-16,22H,1,8,17H2,2-6H3,(H2,28,30,32). The molecule has 32 heavy (non-hydrogen) atoms. The van der Waals surface area contributed by atoms with Crippen molar-refractivity contribution in [2.24, 2.45) is 5.41 Å². The highest BCUT2D eigenvalue weighted by atomic mass is 19.1. The van der Waals surface area contributed by atoms with Crippen molar-refractivity contribution in [2.45, 2.75) is 52.5 Å². The Kier molecular flexibility index (Phi) is 6.72. The van der Waals surface area contributed by atoms with Crippen LogP contribution in [0, 0.1) is 11.2 Å². The van der Waals surface area contributed by atoms with Gasteiger partial charge in [-0.1, -0.05) is 26.0 Å². The van der Waals surface area contributed by atoms with Crippen LogP contribution < -0.4 is 10.6 Å². The molecular formula is C26H33FN4O. The Bertz CT molecular complexity index is 1090. The van der Waals surface area contributed by atoms with Crippen molar-refractivity contribution in [2.75, 3.05) is 6.54 Å². The number of hydrogen-bond donors (Lipinski definition) is 2. The van der Waals surface area contributed by atoms with Gasteiger partial charge in [-0.3, -0.25) is 0 Å². The predicted octanol–water partition coefficient (Wildman–Crippen LogP) is 5.95. The Morgan fingerprint density at radius 1 is 1.16 bits per heavy atom. The van der Waals surface area contributed by atoms with E-state index in [4.69, 9.17) is 0 Å². The summed E-state index contributed by atoms with van der Waals surface area (Å²) in [6, 6.07) is 12.4. The molecule has 170 valence electrons. The number of nitrogens with one attached hydrogen (secondary N) is 2. The summed E-state index contributed by atoms with van der Waals surface area (Å²) in [7, 11) is 0. The molecule has 0 aliphatic rings. The minimum Gasteiger partial charge on any atom is -0.338 e. The SMILES string of the molecule is C=CCC(c1ccc2c(cnn2-c2ccc(F)cc2)c1)C(C)(C)CNC(=O)NC(C)(C)C. The van der Waals surface area contributed by atoms with E-state index in [9.17, 15) is 9.18 Å². The van der Waals surface area contributed by atoms with Crippen LogP contribution in [0.5, 0.6) is 0 Å². The fourth-order valence-corrected chi connectivity index (χ4v) is 3.95. The lowest BCUT2D eigenvalue weighted by molar-refractivity contribution is 0.218. The number of amides is 2. The summed E-state index contributed by atoms with van der Waals surface area (Å²) in [6.45, 7) is 14.7. The first-order valence-electron chi connectivity index (χ1n) is 10.9. The van der Waals surface area contributed by atoms with E-state index in [1.807, 2.05) is 43.8 Å². The van der Waals surface area contributed by atoms with E-state index >= 15 is 0 Å². The molecule has 3 aromatic rings. The summed E-state index contributed by atoms with van der Waals surface area (Å²) >= 11 is 0. The second-order valence-electron chi connectivity index (χ2n) is 9.97. The number of benzene rings is 2. The molecule has 0 radical (unpaired) electrons. The van der Waals surface area contributed by atoms with Crippen LogP contribution in [-0.2, 0) is 0 Å². The molecule has 0 aliphatic heterocycles. The summed E-state index contributed by atoms with van der Waals surface area (Å²) in [5.41, 5.74) is 2.44. The molecule has 1 heterocycles. The molecule has 2 aromatic carbocycles. The van der Waals surface area contributed by atoms with Gasteiger partial charge >= 0.3 is 6.03 Å². The molecule has 0 fully saturated rings. The number of fused-ring (bicyclic) bond motifs is 1. The van der Waals surface area contributed by atoms with Crippen molar-refractivity contribution in [1.82, 2.24) is 20.4 Å². The van der Waals surface area contributed by atoms with Gasteiger partial charge in [0.1, 0.15) is 5.82 Å². The van der Waals surface area contributed by atoms with E-state index in [-0.39, 0.29) is 28.7 Å². The predicted molar refractivity (Wildman–Crippen MR) is 129 cm³/mol. The Hall–Kier alpha value is -3.15. The third-order valence-corrected chi connectivity index (χ3v) is 5.60. The lowest BCUT2D eigenvalue weighted by atomic mass is 9.73. The molecule has 1 aromatic heterocycles. The van der Waals surface area contributed by atoms with Crippen molar-refractivity contribution in [3.8, 4) is 5.69 Å². The maximum absolute atomic E-state index is 13.3. The zero-order valence-corrected chi connectivity index (χ0v) is 19.6. The van der Waals surface area contributed by atoms with Crippen molar-refractivity contribution >= 4 is 16.9 Å². The van der Waals surface area contributed by atoms with E-state index in [1.54, 1.807) is 12.1 Å². The minimum atomic E-state index is -0.287. The second-order valence-corrected chi connectivity index (χ2v) is 9.97. The third kappa shape index (κ3) is 5.55. The maximum atomic E-state index is 13.3. The second kappa shape index (κ2) is 9.15. The number of nitrogens with zero attached hydrogens (tertiary/aromatic N) is 2. The average molecular weight is 437 g/mol. The lowest BCUT2D eigenvalue weighted by Gasteiger charge is -2.35. The lowest BCUT2D eigenvalue weighted by Crippen LogP contribution is -2.49. The number of aromatic nitrogens is 2. The van der Waals surface area contributed by atoms with E-state index in [0.29, 0.717) is 6.54 Å². The van der Waals surface area contributed by atoms with Crippen molar-refractivity contribution in [1.29, 1.82) is 0 Å². The van der Waals surface area contributed by atoms with Crippen LogP contribution in [0.2, 0.25) is 0 Å². The van der Waals surface area contributed by atoms with Gasteiger partial charge in [0.2, 0.25) is 0 Å². The van der Waals surface area contributed by atoms with Crippen LogP contribution in [0.15, 0.2) is 61.3 Å².